The molecule has 0 spiro atoms. The molecule has 0 atom stereocenters. The summed E-state index contributed by atoms with van der Waals surface area (Å²) in [5, 5.41) is 28.9. The van der Waals surface area contributed by atoms with Crippen LogP contribution in [0.1, 0.15) is 59.3 Å². The van der Waals surface area contributed by atoms with Crippen molar-refractivity contribution in [3.63, 3.8) is 0 Å². The van der Waals surface area contributed by atoms with Gasteiger partial charge < -0.3 is 44.1 Å². The molecule has 0 unspecified atom stereocenters. The van der Waals surface area contributed by atoms with Gasteiger partial charge >= 0.3 is 19.5 Å². The third-order valence-electron chi connectivity index (χ3n) is 2.04. The summed E-state index contributed by atoms with van der Waals surface area (Å²) < 4.78 is 0. The molecule has 0 rings (SSSR count). The molecule has 25 heavy (non-hydrogen) atoms. The minimum atomic E-state index is -1.17. The Bertz CT molecular complexity index is 349. The van der Waals surface area contributed by atoms with Crippen molar-refractivity contribution in [1.82, 2.24) is 0 Å². The summed E-state index contributed by atoms with van der Waals surface area (Å²) in [5.74, 6) is -3.85. The molecule has 0 amide bonds. The molecule has 0 heterocycles. The Hall–Kier alpha value is -1.96. The Labute approximate surface area is 158 Å². The van der Waals surface area contributed by atoms with Crippen molar-refractivity contribution in [3.8, 4) is 0 Å². The van der Waals surface area contributed by atoms with Crippen molar-refractivity contribution >= 4 is 35.3 Å². The van der Waals surface area contributed by atoms with Gasteiger partial charge in [-0.25, -0.2) is 0 Å². The predicted molar refractivity (Wildman–Crippen MR) is 74.8 cm³/mol. The van der Waals surface area contributed by atoms with Crippen LogP contribution < -0.4 is 15.3 Å². The summed E-state index contributed by atoms with van der Waals surface area (Å²) >= 11 is 0. The quantitative estimate of drug-likeness (QED) is 0.341. The SMILES string of the molecule is CC(=O)CCC(=O)[O-].CC(=O)CCC(=O)[O-].CC(=O)CCC(=O)[O-].[Rh+3]. The molecular formula is C15H21O9Rh. The topological polar surface area (TPSA) is 172 Å². The maximum absolute atomic E-state index is 10.1. The Morgan fingerprint density at radius 2 is 0.640 bits per heavy atom. The van der Waals surface area contributed by atoms with E-state index >= 15 is 0 Å². The monoisotopic (exact) mass is 448 g/mol. The van der Waals surface area contributed by atoms with Crippen LogP contribution in [-0.4, -0.2) is 35.3 Å². The van der Waals surface area contributed by atoms with Crippen LogP contribution in [0.4, 0.5) is 0 Å². The first-order valence-corrected chi connectivity index (χ1v) is 6.96. The largest absolute Gasteiger partial charge is 3.00 e. The van der Waals surface area contributed by atoms with Gasteiger partial charge in [-0.3, -0.25) is 0 Å². The van der Waals surface area contributed by atoms with Gasteiger partial charge in [0.2, 0.25) is 0 Å². The molecule has 0 aromatic carbocycles. The zero-order valence-electron chi connectivity index (χ0n) is 14.3. The molecule has 0 bridgehead atoms. The van der Waals surface area contributed by atoms with Gasteiger partial charge in [-0.15, -0.1) is 0 Å². The van der Waals surface area contributed by atoms with E-state index in [4.69, 9.17) is 0 Å². The normalized spacial score (nSPS) is 8.28. The number of ketones is 3. The second-order valence-electron chi connectivity index (χ2n) is 4.72. The van der Waals surface area contributed by atoms with E-state index in [2.05, 4.69) is 0 Å². The maximum Gasteiger partial charge on any atom is 3.00 e. The molecule has 0 saturated carbocycles. The van der Waals surface area contributed by atoms with E-state index in [0.29, 0.717) is 0 Å². The smallest absolute Gasteiger partial charge is 0.550 e. The number of carboxylic acid groups (broad SMARTS) is 3. The fourth-order valence-electron chi connectivity index (χ4n) is 0.834. The molecule has 0 N–H and O–H groups in total. The van der Waals surface area contributed by atoms with Crippen LogP contribution >= 0.6 is 0 Å². The van der Waals surface area contributed by atoms with Crippen LogP contribution in [0, 0.1) is 0 Å². The van der Waals surface area contributed by atoms with E-state index in [1.807, 2.05) is 0 Å². The summed E-state index contributed by atoms with van der Waals surface area (Å²) in [5.41, 5.74) is 0. The molecule has 9 nitrogen and oxygen atoms in total. The van der Waals surface area contributed by atoms with Crippen molar-refractivity contribution in [3.05, 3.63) is 0 Å². The predicted octanol–water partition coefficient (Wildman–Crippen LogP) is -2.69. The summed E-state index contributed by atoms with van der Waals surface area (Å²) in [6.45, 7) is 4.05. The molecule has 0 aliphatic rings. The zero-order valence-corrected chi connectivity index (χ0v) is 15.9. The second kappa shape index (κ2) is 20.1. The molecule has 0 aliphatic heterocycles. The molecule has 0 aliphatic carbocycles. The van der Waals surface area contributed by atoms with Crippen molar-refractivity contribution in [2.45, 2.75) is 59.3 Å². The summed E-state index contributed by atoms with van der Waals surface area (Å²) in [6, 6.07) is 0. The fraction of sp³-hybridized carbons (Fsp3) is 0.600. The molecule has 0 saturated heterocycles. The number of carbonyl (C=O) groups is 6. The molecule has 144 valence electrons. The Balaban J connectivity index is -0.000000130. The average Bonchev–Trinajstić information content (AvgIpc) is 2.42. The number of carbonyl (C=O) groups excluding carboxylic acids is 6. The molecule has 10 heteroatoms. The Morgan fingerprint density at radius 1 is 0.480 bits per heavy atom. The van der Waals surface area contributed by atoms with E-state index in [1.165, 1.54) is 20.8 Å². The van der Waals surface area contributed by atoms with Gasteiger partial charge in [0, 0.05) is 37.2 Å². The second-order valence-corrected chi connectivity index (χ2v) is 4.72. The fourth-order valence-corrected chi connectivity index (χ4v) is 0.834. The van der Waals surface area contributed by atoms with Gasteiger partial charge in [0.15, 0.2) is 0 Å². The zero-order chi connectivity index (χ0) is 19.7. The van der Waals surface area contributed by atoms with Crippen LogP contribution in [-0.2, 0) is 48.2 Å². The first-order valence-electron chi connectivity index (χ1n) is 6.96. The summed E-state index contributed by atoms with van der Waals surface area (Å²) in [4.78, 5) is 59.1. The van der Waals surface area contributed by atoms with Gasteiger partial charge in [0.1, 0.15) is 17.3 Å². The van der Waals surface area contributed by atoms with Crippen LogP contribution in [0.5, 0.6) is 0 Å². The van der Waals surface area contributed by atoms with Crippen LogP contribution in [0.2, 0.25) is 0 Å². The number of Topliss-reactive ketones (excluding diaryl/α,β-unsaturated/α-hetero) is 3. The molecule has 0 aromatic rings. The van der Waals surface area contributed by atoms with Crippen LogP contribution in [0.25, 0.3) is 0 Å². The van der Waals surface area contributed by atoms with Gasteiger partial charge in [-0.2, -0.15) is 0 Å². The first kappa shape index (κ1) is 30.9. The minimum absolute atomic E-state index is 0. The number of hydrogen-bond acceptors (Lipinski definition) is 9. The minimum Gasteiger partial charge on any atom is -0.550 e. The number of rotatable bonds is 9. The number of carboxylic acids is 3. The third-order valence-corrected chi connectivity index (χ3v) is 2.04. The third kappa shape index (κ3) is 52.1. The van der Waals surface area contributed by atoms with Gasteiger partial charge in [0.05, 0.1) is 0 Å². The van der Waals surface area contributed by atoms with E-state index < -0.39 is 17.9 Å². The Morgan fingerprint density at radius 3 is 0.680 bits per heavy atom. The molecule has 0 aromatic heterocycles. The van der Waals surface area contributed by atoms with Gasteiger partial charge in [0.25, 0.3) is 0 Å². The van der Waals surface area contributed by atoms with E-state index in [0.717, 1.165) is 0 Å². The van der Waals surface area contributed by atoms with Gasteiger partial charge in [-0.05, 0) is 40.0 Å². The van der Waals surface area contributed by atoms with E-state index in [-0.39, 0.29) is 75.4 Å². The molecule has 0 radical (unpaired) electrons. The molecule has 0 fully saturated rings. The van der Waals surface area contributed by atoms with Crippen LogP contribution in [0.15, 0.2) is 0 Å². The number of aliphatic carboxylic acids is 3. The molecular weight excluding hydrogens is 427 g/mol. The van der Waals surface area contributed by atoms with Crippen LogP contribution in [0.3, 0.4) is 0 Å². The van der Waals surface area contributed by atoms with Gasteiger partial charge in [-0.1, -0.05) is 0 Å². The van der Waals surface area contributed by atoms with Crippen molar-refractivity contribution in [1.29, 1.82) is 0 Å². The first-order chi connectivity index (χ1) is 10.9. The summed E-state index contributed by atoms with van der Waals surface area (Å²) in [7, 11) is 0. The van der Waals surface area contributed by atoms with E-state index in [1.54, 1.807) is 0 Å². The van der Waals surface area contributed by atoms with Crippen molar-refractivity contribution < 1.29 is 63.6 Å². The number of hydrogen-bond donors (Lipinski definition) is 0. The van der Waals surface area contributed by atoms with E-state index in [9.17, 15) is 44.1 Å². The summed E-state index contributed by atoms with van der Waals surface area (Å²) in [6.07, 6.45) is -0.215. The Kier molecular flexibility index (Phi) is 24.8. The van der Waals surface area contributed by atoms with Crippen molar-refractivity contribution in [2.75, 3.05) is 0 Å². The average molecular weight is 448 g/mol. The maximum atomic E-state index is 10.1. The van der Waals surface area contributed by atoms with Crippen molar-refractivity contribution in [2.24, 2.45) is 0 Å². The standard InChI is InChI=1S/3C5H8O3.Rh/c3*1-4(6)2-3-5(7)8;/h3*2-3H2,1H3,(H,7,8);/q;;;+3/p-3.